The van der Waals surface area contributed by atoms with Crippen molar-refractivity contribution in [1.82, 2.24) is 19.6 Å². The maximum absolute atomic E-state index is 12.6. The molecule has 2 heterocycles. The number of benzene rings is 1. The molecule has 0 radical (unpaired) electrons. The first-order valence-corrected chi connectivity index (χ1v) is 9.67. The van der Waals surface area contributed by atoms with E-state index < -0.39 is 0 Å². The van der Waals surface area contributed by atoms with Gasteiger partial charge >= 0.3 is 0 Å². The van der Waals surface area contributed by atoms with Crippen molar-refractivity contribution in [2.75, 3.05) is 33.3 Å². The number of rotatable bonds is 6. The molecule has 0 bridgehead atoms. The van der Waals surface area contributed by atoms with Crippen LogP contribution in [0.3, 0.4) is 0 Å². The minimum atomic E-state index is 0.255. The first-order valence-electron chi connectivity index (χ1n) is 9.67. The van der Waals surface area contributed by atoms with Crippen LogP contribution in [0.5, 0.6) is 5.75 Å². The molecule has 2 aromatic rings. The lowest BCUT2D eigenvalue weighted by Crippen LogP contribution is -2.35. The van der Waals surface area contributed by atoms with Crippen LogP contribution in [0.25, 0.3) is 0 Å². The van der Waals surface area contributed by atoms with E-state index in [1.807, 2.05) is 47.1 Å². The van der Waals surface area contributed by atoms with Crippen LogP contribution in [0.2, 0.25) is 0 Å². The second-order valence-electron chi connectivity index (χ2n) is 7.24. The second-order valence-corrected chi connectivity index (χ2v) is 7.24. The summed E-state index contributed by atoms with van der Waals surface area (Å²) >= 11 is 0. The number of methoxy groups -OCH3 is 1. The topological polar surface area (TPSA) is 50.6 Å². The highest BCUT2D eigenvalue weighted by Gasteiger charge is 2.20. The smallest absolute Gasteiger partial charge is 0.222 e. The summed E-state index contributed by atoms with van der Waals surface area (Å²) in [5, 5.41) is 4.33. The van der Waals surface area contributed by atoms with Gasteiger partial charge in [-0.05, 0) is 37.5 Å². The Kier molecular flexibility index (Phi) is 6.50. The Morgan fingerprint density at radius 1 is 1.15 bits per heavy atom. The molecule has 1 saturated heterocycles. The fraction of sp³-hybridized carbons (Fsp3) is 0.524. The molecule has 1 aliphatic heterocycles. The van der Waals surface area contributed by atoms with Crippen LogP contribution >= 0.6 is 0 Å². The highest BCUT2D eigenvalue weighted by atomic mass is 16.5. The summed E-state index contributed by atoms with van der Waals surface area (Å²) in [7, 11) is 3.64. The van der Waals surface area contributed by atoms with Gasteiger partial charge in [0, 0.05) is 57.4 Å². The van der Waals surface area contributed by atoms with Gasteiger partial charge in [0.05, 0.1) is 13.3 Å². The quantitative estimate of drug-likeness (QED) is 0.784. The Morgan fingerprint density at radius 2 is 1.93 bits per heavy atom. The molecule has 0 N–H and O–H groups in total. The maximum atomic E-state index is 12.6. The Labute approximate surface area is 161 Å². The largest absolute Gasteiger partial charge is 0.497 e. The van der Waals surface area contributed by atoms with Gasteiger partial charge < -0.3 is 9.64 Å². The predicted octanol–water partition coefficient (Wildman–Crippen LogP) is 2.40. The fourth-order valence-electron chi connectivity index (χ4n) is 3.52. The predicted molar refractivity (Wildman–Crippen MR) is 106 cm³/mol. The zero-order valence-electron chi connectivity index (χ0n) is 16.6. The lowest BCUT2D eigenvalue weighted by molar-refractivity contribution is -0.131. The Bertz CT molecular complexity index is 754. The molecule has 146 valence electrons. The minimum absolute atomic E-state index is 0.255. The normalized spacial score (nSPS) is 15.6. The minimum Gasteiger partial charge on any atom is -0.497 e. The highest BCUT2D eigenvalue weighted by Crippen LogP contribution is 2.15. The van der Waals surface area contributed by atoms with Crippen LogP contribution in [0.4, 0.5) is 0 Å². The molecule has 0 aliphatic carbocycles. The standard InChI is InChI=1S/C21H30N4O2/c1-17-19(15-22-23(17)2)16-24-11-4-12-25(14-13-24)21(26)10-7-18-5-8-20(27-3)9-6-18/h5-6,8-9,15H,4,7,10-14,16H2,1-3H3. The van der Waals surface area contributed by atoms with E-state index in [4.69, 9.17) is 4.74 Å². The zero-order chi connectivity index (χ0) is 19.2. The summed E-state index contributed by atoms with van der Waals surface area (Å²) in [5.41, 5.74) is 3.66. The molecule has 6 nitrogen and oxygen atoms in total. The van der Waals surface area contributed by atoms with E-state index in [-0.39, 0.29) is 5.91 Å². The number of hydrogen-bond donors (Lipinski definition) is 0. The van der Waals surface area contributed by atoms with Gasteiger partial charge in [0.15, 0.2) is 0 Å². The fourth-order valence-corrected chi connectivity index (χ4v) is 3.52. The van der Waals surface area contributed by atoms with Crippen LogP contribution in [-0.4, -0.2) is 58.8 Å². The molecular formula is C21H30N4O2. The van der Waals surface area contributed by atoms with Gasteiger partial charge in [-0.1, -0.05) is 12.1 Å². The molecule has 3 rings (SSSR count). The van der Waals surface area contributed by atoms with E-state index in [1.165, 1.54) is 16.8 Å². The molecule has 1 amide bonds. The molecule has 1 aromatic heterocycles. The van der Waals surface area contributed by atoms with Crippen molar-refractivity contribution >= 4 is 5.91 Å². The van der Waals surface area contributed by atoms with Crippen molar-refractivity contribution in [3.63, 3.8) is 0 Å². The Balaban J connectivity index is 1.48. The number of carbonyl (C=O) groups is 1. The Morgan fingerprint density at radius 3 is 2.59 bits per heavy atom. The van der Waals surface area contributed by atoms with Gasteiger partial charge in [0.2, 0.25) is 5.91 Å². The number of hydrogen-bond acceptors (Lipinski definition) is 4. The SMILES string of the molecule is COc1ccc(CCC(=O)N2CCCN(Cc3cnn(C)c3C)CC2)cc1. The van der Waals surface area contributed by atoms with Gasteiger partial charge in [-0.15, -0.1) is 0 Å². The van der Waals surface area contributed by atoms with Crippen LogP contribution in [0.15, 0.2) is 30.5 Å². The number of aryl methyl sites for hydroxylation is 2. The van der Waals surface area contributed by atoms with Crippen molar-refractivity contribution in [3.8, 4) is 5.75 Å². The van der Waals surface area contributed by atoms with Gasteiger partial charge in [-0.25, -0.2) is 0 Å². The van der Waals surface area contributed by atoms with E-state index >= 15 is 0 Å². The summed E-state index contributed by atoms with van der Waals surface area (Å²) in [4.78, 5) is 17.1. The average Bonchev–Trinajstić information content (AvgIpc) is 2.89. The van der Waals surface area contributed by atoms with Crippen molar-refractivity contribution in [3.05, 3.63) is 47.3 Å². The van der Waals surface area contributed by atoms with E-state index in [1.54, 1.807) is 7.11 Å². The zero-order valence-corrected chi connectivity index (χ0v) is 16.6. The summed E-state index contributed by atoms with van der Waals surface area (Å²) in [6.45, 7) is 6.62. The first-order chi connectivity index (χ1) is 13.1. The lowest BCUT2D eigenvalue weighted by Gasteiger charge is -2.22. The molecule has 1 aromatic carbocycles. The molecule has 1 fully saturated rings. The third-order valence-electron chi connectivity index (χ3n) is 5.46. The summed E-state index contributed by atoms with van der Waals surface area (Å²) in [6, 6.07) is 7.97. The molecule has 0 atom stereocenters. The molecule has 6 heteroatoms. The van der Waals surface area contributed by atoms with Crippen molar-refractivity contribution in [1.29, 1.82) is 0 Å². The van der Waals surface area contributed by atoms with Crippen molar-refractivity contribution in [2.45, 2.75) is 32.7 Å². The molecule has 1 aliphatic rings. The highest BCUT2D eigenvalue weighted by molar-refractivity contribution is 5.76. The number of amides is 1. The second kappa shape index (κ2) is 9.04. The monoisotopic (exact) mass is 370 g/mol. The lowest BCUT2D eigenvalue weighted by atomic mass is 10.1. The Hall–Kier alpha value is -2.34. The van der Waals surface area contributed by atoms with E-state index in [0.717, 1.165) is 51.3 Å². The number of carbonyl (C=O) groups excluding carboxylic acids is 1. The third-order valence-corrected chi connectivity index (χ3v) is 5.46. The van der Waals surface area contributed by atoms with E-state index in [9.17, 15) is 4.79 Å². The average molecular weight is 370 g/mol. The van der Waals surface area contributed by atoms with Crippen LogP contribution < -0.4 is 4.74 Å². The van der Waals surface area contributed by atoms with Crippen LogP contribution in [-0.2, 0) is 24.8 Å². The summed E-state index contributed by atoms with van der Waals surface area (Å²) in [6.07, 6.45) is 4.32. The molecule has 0 unspecified atom stereocenters. The van der Waals surface area contributed by atoms with Gasteiger partial charge in [0.1, 0.15) is 5.75 Å². The number of aromatic nitrogens is 2. The van der Waals surface area contributed by atoms with Crippen LogP contribution in [0, 0.1) is 6.92 Å². The van der Waals surface area contributed by atoms with Gasteiger partial charge in [-0.2, -0.15) is 5.10 Å². The molecule has 27 heavy (non-hydrogen) atoms. The maximum Gasteiger partial charge on any atom is 0.222 e. The first kappa shape index (κ1) is 19.4. The summed E-state index contributed by atoms with van der Waals surface area (Å²) < 4.78 is 7.10. The molecule has 0 spiro atoms. The number of nitrogens with zero attached hydrogens (tertiary/aromatic N) is 4. The van der Waals surface area contributed by atoms with Gasteiger partial charge in [-0.3, -0.25) is 14.4 Å². The van der Waals surface area contributed by atoms with E-state index in [0.29, 0.717) is 6.42 Å². The summed E-state index contributed by atoms with van der Waals surface area (Å²) in [5.74, 6) is 1.10. The van der Waals surface area contributed by atoms with Crippen LogP contribution in [0.1, 0.15) is 29.7 Å². The van der Waals surface area contributed by atoms with Gasteiger partial charge in [0.25, 0.3) is 0 Å². The van der Waals surface area contributed by atoms with E-state index in [2.05, 4.69) is 16.9 Å². The molecule has 0 saturated carbocycles. The molecular weight excluding hydrogens is 340 g/mol. The number of ether oxygens (including phenoxy) is 1. The van der Waals surface area contributed by atoms with Crippen molar-refractivity contribution in [2.24, 2.45) is 7.05 Å². The third kappa shape index (κ3) is 5.10. The van der Waals surface area contributed by atoms with Crippen molar-refractivity contribution < 1.29 is 9.53 Å².